The molecule has 0 aliphatic rings. The van der Waals surface area contributed by atoms with Crippen molar-refractivity contribution in [2.75, 3.05) is 19.7 Å². The van der Waals surface area contributed by atoms with Gasteiger partial charge in [0.25, 0.3) is 0 Å². The first-order valence-electron chi connectivity index (χ1n) is 7.70. The summed E-state index contributed by atoms with van der Waals surface area (Å²) in [5, 5.41) is 11.7. The van der Waals surface area contributed by atoms with Gasteiger partial charge in [-0.2, -0.15) is 4.31 Å². The van der Waals surface area contributed by atoms with Crippen molar-refractivity contribution in [3.63, 3.8) is 0 Å². The fraction of sp³-hybridized carbons (Fsp3) is 0.235. The maximum atomic E-state index is 13.0. The van der Waals surface area contributed by atoms with Gasteiger partial charge in [-0.05, 0) is 42.0 Å². The van der Waals surface area contributed by atoms with E-state index in [0.29, 0.717) is 5.02 Å². The Morgan fingerprint density at radius 1 is 1.12 bits per heavy atom. The van der Waals surface area contributed by atoms with Gasteiger partial charge in [-0.15, -0.1) is 0 Å². The first kappa shape index (κ1) is 20.9. The van der Waals surface area contributed by atoms with Crippen LogP contribution in [0.3, 0.4) is 0 Å². The summed E-state index contributed by atoms with van der Waals surface area (Å²) in [7, 11) is -3.91. The van der Waals surface area contributed by atoms with Crippen LogP contribution >= 0.6 is 27.5 Å². The number of benzene rings is 2. The second-order valence-corrected chi connectivity index (χ2v) is 8.72. The standard InChI is InChI=1S/C17H18BrClN2O4S/c18-14-3-1-13(2-4-14)11-21(12-17(23)20-9-10-22)26(24,25)16-7-5-15(19)6-8-16/h1-8,22H,9-12H2,(H,20,23). The lowest BCUT2D eigenvalue weighted by Gasteiger charge is -2.22. The van der Waals surface area contributed by atoms with E-state index in [1.165, 1.54) is 24.3 Å². The van der Waals surface area contributed by atoms with E-state index in [0.717, 1.165) is 14.3 Å². The molecule has 0 aromatic heterocycles. The lowest BCUT2D eigenvalue weighted by molar-refractivity contribution is -0.121. The molecule has 0 unspecified atom stereocenters. The Hall–Kier alpha value is -1.45. The Morgan fingerprint density at radius 3 is 2.31 bits per heavy atom. The van der Waals surface area contributed by atoms with E-state index in [2.05, 4.69) is 21.2 Å². The number of rotatable bonds is 8. The van der Waals surface area contributed by atoms with Crippen LogP contribution in [0.5, 0.6) is 0 Å². The average Bonchev–Trinajstić information content (AvgIpc) is 2.61. The van der Waals surface area contributed by atoms with Crippen LogP contribution in [-0.2, 0) is 21.4 Å². The Bertz CT molecular complexity index is 842. The highest BCUT2D eigenvalue weighted by atomic mass is 79.9. The largest absolute Gasteiger partial charge is 0.395 e. The van der Waals surface area contributed by atoms with Crippen molar-refractivity contribution < 1.29 is 18.3 Å². The molecule has 0 aliphatic carbocycles. The van der Waals surface area contributed by atoms with Gasteiger partial charge in [-0.25, -0.2) is 8.42 Å². The van der Waals surface area contributed by atoms with Gasteiger partial charge in [0.05, 0.1) is 18.0 Å². The molecule has 2 aromatic rings. The van der Waals surface area contributed by atoms with E-state index in [4.69, 9.17) is 16.7 Å². The van der Waals surface area contributed by atoms with Gasteiger partial charge < -0.3 is 10.4 Å². The summed E-state index contributed by atoms with van der Waals surface area (Å²) in [6.07, 6.45) is 0. The van der Waals surface area contributed by atoms with Crippen LogP contribution in [0.25, 0.3) is 0 Å². The summed E-state index contributed by atoms with van der Waals surface area (Å²) in [6, 6.07) is 12.9. The third kappa shape index (κ3) is 5.78. The maximum Gasteiger partial charge on any atom is 0.243 e. The third-order valence-corrected chi connectivity index (χ3v) is 6.06. The fourth-order valence-electron chi connectivity index (χ4n) is 2.19. The summed E-state index contributed by atoms with van der Waals surface area (Å²) < 4.78 is 27.9. The Labute approximate surface area is 166 Å². The zero-order chi connectivity index (χ0) is 19.2. The number of hydrogen-bond donors (Lipinski definition) is 2. The van der Waals surface area contributed by atoms with Gasteiger partial charge in [0.15, 0.2) is 0 Å². The van der Waals surface area contributed by atoms with Crippen LogP contribution < -0.4 is 5.32 Å². The zero-order valence-electron chi connectivity index (χ0n) is 13.7. The Morgan fingerprint density at radius 2 is 1.73 bits per heavy atom. The van der Waals surface area contributed by atoms with Crippen LogP contribution in [0.2, 0.25) is 5.02 Å². The molecule has 0 atom stereocenters. The van der Waals surface area contributed by atoms with E-state index >= 15 is 0 Å². The van der Waals surface area contributed by atoms with Gasteiger partial charge in [0.2, 0.25) is 15.9 Å². The molecular weight excluding hydrogens is 444 g/mol. The van der Waals surface area contributed by atoms with Gasteiger partial charge in [-0.3, -0.25) is 4.79 Å². The number of amides is 1. The van der Waals surface area contributed by atoms with E-state index < -0.39 is 15.9 Å². The maximum absolute atomic E-state index is 13.0. The lowest BCUT2D eigenvalue weighted by Crippen LogP contribution is -2.41. The predicted octanol–water partition coefficient (Wildman–Crippen LogP) is 2.40. The average molecular weight is 462 g/mol. The molecule has 26 heavy (non-hydrogen) atoms. The number of nitrogens with one attached hydrogen (secondary N) is 1. The summed E-state index contributed by atoms with van der Waals surface area (Å²) in [6.45, 7) is -0.486. The highest BCUT2D eigenvalue weighted by Crippen LogP contribution is 2.21. The third-order valence-electron chi connectivity index (χ3n) is 3.48. The van der Waals surface area contributed by atoms with Crippen molar-refractivity contribution in [1.82, 2.24) is 9.62 Å². The van der Waals surface area contributed by atoms with Crippen molar-refractivity contribution in [2.24, 2.45) is 0 Å². The summed E-state index contributed by atoms with van der Waals surface area (Å²) in [5.41, 5.74) is 0.737. The number of nitrogens with zero attached hydrogens (tertiary/aromatic N) is 1. The van der Waals surface area contributed by atoms with Crippen molar-refractivity contribution in [3.05, 3.63) is 63.6 Å². The quantitative estimate of drug-likeness (QED) is 0.632. The molecule has 0 saturated carbocycles. The zero-order valence-corrected chi connectivity index (χ0v) is 16.9. The number of sulfonamides is 1. The normalized spacial score (nSPS) is 11.5. The molecule has 2 rings (SSSR count). The van der Waals surface area contributed by atoms with Crippen molar-refractivity contribution in [2.45, 2.75) is 11.4 Å². The minimum atomic E-state index is -3.91. The molecule has 0 aliphatic heterocycles. The molecule has 0 spiro atoms. The molecule has 0 saturated heterocycles. The van der Waals surface area contributed by atoms with Gasteiger partial charge in [0, 0.05) is 22.6 Å². The van der Waals surface area contributed by atoms with Crippen LogP contribution in [0.15, 0.2) is 57.9 Å². The number of carbonyl (C=O) groups is 1. The SMILES string of the molecule is O=C(CN(Cc1ccc(Br)cc1)S(=O)(=O)c1ccc(Cl)cc1)NCCO. The highest BCUT2D eigenvalue weighted by molar-refractivity contribution is 9.10. The Balaban J connectivity index is 2.30. The number of aliphatic hydroxyl groups excluding tert-OH is 1. The molecule has 140 valence electrons. The van der Waals surface area contributed by atoms with Crippen LogP contribution in [-0.4, -0.2) is 43.4 Å². The molecule has 0 fully saturated rings. The van der Waals surface area contributed by atoms with E-state index in [9.17, 15) is 13.2 Å². The first-order chi connectivity index (χ1) is 12.3. The van der Waals surface area contributed by atoms with E-state index in [1.807, 2.05) is 0 Å². The van der Waals surface area contributed by atoms with Crippen molar-refractivity contribution >= 4 is 43.5 Å². The molecule has 2 N–H and O–H groups in total. The summed E-state index contributed by atoms with van der Waals surface area (Å²) >= 11 is 9.16. The highest BCUT2D eigenvalue weighted by Gasteiger charge is 2.26. The molecule has 0 heterocycles. The monoisotopic (exact) mass is 460 g/mol. The van der Waals surface area contributed by atoms with Crippen LogP contribution in [0.1, 0.15) is 5.56 Å². The molecule has 6 nitrogen and oxygen atoms in total. The van der Waals surface area contributed by atoms with E-state index in [-0.39, 0.29) is 31.1 Å². The van der Waals surface area contributed by atoms with Crippen molar-refractivity contribution in [3.8, 4) is 0 Å². The second kappa shape index (κ2) is 9.48. The smallest absolute Gasteiger partial charge is 0.243 e. The predicted molar refractivity (Wildman–Crippen MR) is 103 cm³/mol. The van der Waals surface area contributed by atoms with E-state index in [1.54, 1.807) is 24.3 Å². The topological polar surface area (TPSA) is 86.7 Å². The molecule has 1 amide bonds. The molecule has 9 heteroatoms. The molecular formula is C17H18BrClN2O4S. The minimum Gasteiger partial charge on any atom is -0.395 e. The van der Waals surface area contributed by atoms with Crippen molar-refractivity contribution in [1.29, 1.82) is 0 Å². The minimum absolute atomic E-state index is 0.0325. The summed E-state index contributed by atoms with van der Waals surface area (Å²) in [4.78, 5) is 12.1. The number of halogens is 2. The van der Waals surface area contributed by atoms with Gasteiger partial charge >= 0.3 is 0 Å². The van der Waals surface area contributed by atoms with Crippen LogP contribution in [0.4, 0.5) is 0 Å². The molecule has 0 bridgehead atoms. The lowest BCUT2D eigenvalue weighted by atomic mass is 10.2. The Kier molecular flexibility index (Phi) is 7.60. The number of hydrogen-bond acceptors (Lipinski definition) is 4. The molecule has 2 aromatic carbocycles. The second-order valence-electron chi connectivity index (χ2n) is 5.43. The number of aliphatic hydroxyl groups is 1. The fourth-order valence-corrected chi connectivity index (χ4v) is 3.96. The first-order valence-corrected chi connectivity index (χ1v) is 10.3. The van der Waals surface area contributed by atoms with Gasteiger partial charge in [0.1, 0.15) is 0 Å². The molecule has 0 radical (unpaired) electrons. The summed E-state index contributed by atoms with van der Waals surface area (Å²) in [5.74, 6) is -0.492. The van der Waals surface area contributed by atoms with Crippen LogP contribution in [0, 0.1) is 0 Å². The van der Waals surface area contributed by atoms with Gasteiger partial charge in [-0.1, -0.05) is 39.7 Å². The number of carbonyl (C=O) groups excluding carboxylic acids is 1.